The van der Waals surface area contributed by atoms with Crippen molar-refractivity contribution < 1.29 is 19.4 Å². The molecule has 3 aromatic carbocycles. The summed E-state index contributed by atoms with van der Waals surface area (Å²) in [6.07, 6.45) is 2.60. The fourth-order valence-electron chi connectivity index (χ4n) is 6.79. The van der Waals surface area contributed by atoms with Crippen molar-refractivity contribution in [3.8, 4) is 11.5 Å². The van der Waals surface area contributed by atoms with Crippen LogP contribution in [0.5, 0.6) is 11.5 Å². The van der Waals surface area contributed by atoms with E-state index in [0.717, 1.165) is 78.0 Å². The van der Waals surface area contributed by atoms with E-state index in [1.807, 2.05) is 51.1 Å². The summed E-state index contributed by atoms with van der Waals surface area (Å²) in [6.45, 7) is 7.23. The number of aryl methyl sites for hydroxylation is 2. The quantitative estimate of drug-likeness (QED) is 0.364. The summed E-state index contributed by atoms with van der Waals surface area (Å²) in [5.41, 5.74) is 5.03. The highest BCUT2D eigenvalue weighted by molar-refractivity contribution is 6.03. The highest BCUT2D eigenvalue weighted by Gasteiger charge is 2.61. The number of hydrogen-bond donors (Lipinski definition) is 3. The van der Waals surface area contributed by atoms with Gasteiger partial charge in [0, 0.05) is 58.9 Å². The van der Waals surface area contributed by atoms with Crippen molar-refractivity contribution in [2.45, 2.75) is 57.5 Å². The second-order valence-corrected chi connectivity index (χ2v) is 11.8. The summed E-state index contributed by atoms with van der Waals surface area (Å²) < 4.78 is 6.64. The SMILES string of the molecule is CC(C)(C)N(C(=O)O)N1C(=O)c2ccccc2C12c1cc3c(cc1Oc1cc4c(cc12)CCCN4)NCCC3. The van der Waals surface area contributed by atoms with Crippen LogP contribution in [-0.2, 0) is 18.4 Å². The van der Waals surface area contributed by atoms with Crippen LogP contribution in [0.1, 0.15) is 71.8 Å². The summed E-state index contributed by atoms with van der Waals surface area (Å²) in [4.78, 5) is 27.4. The highest BCUT2D eigenvalue weighted by atomic mass is 16.5. The molecular formula is C31H32N4O4. The zero-order chi connectivity index (χ0) is 27.1. The first-order valence-corrected chi connectivity index (χ1v) is 13.7. The lowest BCUT2D eigenvalue weighted by atomic mass is 9.73. The molecule has 3 aromatic rings. The van der Waals surface area contributed by atoms with Crippen LogP contribution in [-0.4, -0.2) is 45.8 Å². The number of hydrazine groups is 1. The van der Waals surface area contributed by atoms with Gasteiger partial charge in [-0.15, -0.1) is 0 Å². The summed E-state index contributed by atoms with van der Waals surface area (Å²) >= 11 is 0. The number of rotatable bonds is 1. The molecule has 4 heterocycles. The first-order chi connectivity index (χ1) is 18.7. The van der Waals surface area contributed by atoms with Crippen molar-refractivity contribution in [3.63, 3.8) is 0 Å². The van der Waals surface area contributed by atoms with Crippen LogP contribution in [0.3, 0.4) is 0 Å². The maximum Gasteiger partial charge on any atom is 0.426 e. The van der Waals surface area contributed by atoms with Crippen molar-refractivity contribution in [1.82, 2.24) is 10.0 Å². The van der Waals surface area contributed by atoms with E-state index in [9.17, 15) is 14.7 Å². The summed E-state index contributed by atoms with van der Waals surface area (Å²) in [5.74, 6) is 0.911. The van der Waals surface area contributed by atoms with Gasteiger partial charge in [-0.1, -0.05) is 18.2 Å². The Hall–Kier alpha value is -4.20. The minimum absolute atomic E-state index is 0.339. The van der Waals surface area contributed by atoms with E-state index in [1.54, 1.807) is 6.07 Å². The second-order valence-electron chi connectivity index (χ2n) is 11.8. The van der Waals surface area contributed by atoms with Crippen molar-refractivity contribution in [2.24, 2.45) is 0 Å². The Morgan fingerprint density at radius 1 is 0.923 bits per heavy atom. The molecule has 0 atom stereocenters. The predicted molar refractivity (Wildman–Crippen MR) is 149 cm³/mol. The van der Waals surface area contributed by atoms with Gasteiger partial charge >= 0.3 is 6.09 Å². The maximum atomic E-state index is 14.4. The Balaban J connectivity index is 1.63. The molecule has 0 fully saturated rings. The van der Waals surface area contributed by atoms with E-state index >= 15 is 0 Å². The second kappa shape index (κ2) is 8.15. The molecule has 1 spiro atoms. The van der Waals surface area contributed by atoms with E-state index in [4.69, 9.17) is 4.74 Å². The predicted octanol–water partition coefficient (Wildman–Crippen LogP) is 5.95. The van der Waals surface area contributed by atoms with Crippen LogP contribution in [0, 0.1) is 0 Å². The molecule has 4 aliphatic rings. The smallest absolute Gasteiger partial charge is 0.426 e. The van der Waals surface area contributed by atoms with Crippen LogP contribution in [0.15, 0.2) is 48.5 Å². The highest BCUT2D eigenvalue weighted by Crippen LogP contribution is 2.60. The van der Waals surface area contributed by atoms with E-state index in [1.165, 1.54) is 10.0 Å². The maximum absolute atomic E-state index is 14.4. The molecule has 0 radical (unpaired) electrons. The molecule has 7 rings (SSSR count). The van der Waals surface area contributed by atoms with E-state index in [0.29, 0.717) is 17.1 Å². The first-order valence-electron chi connectivity index (χ1n) is 13.7. The number of anilines is 2. The Kier molecular flexibility index (Phi) is 4.99. The van der Waals surface area contributed by atoms with Crippen LogP contribution in [0.2, 0.25) is 0 Å². The van der Waals surface area contributed by atoms with E-state index < -0.39 is 17.2 Å². The molecule has 4 aliphatic heterocycles. The third kappa shape index (κ3) is 3.23. The van der Waals surface area contributed by atoms with Crippen LogP contribution in [0.4, 0.5) is 16.2 Å². The summed E-state index contributed by atoms with van der Waals surface area (Å²) in [7, 11) is 0. The van der Waals surface area contributed by atoms with E-state index in [2.05, 4.69) is 22.8 Å². The number of nitrogens with one attached hydrogen (secondary N) is 2. The number of amides is 2. The number of nitrogens with zero attached hydrogens (tertiary/aromatic N) is 2. The Morgan fingerprint density at radius 3 is 2.03 bits per heavy atom. The molecule has 3 N–H and O–H groups in total. The van der Waals surface area contributed by atoms with Crippen molar-refractivity contribution in [2.75, 3.05) is 23.7 Å². The van der Waals surface area contributed by atoms with Crippen LogP contribution >= 0.6 is 0 Å². The van der Waals surface area contributed by atoms with Crippen molar-refractivity contribution in [1.29, 1.82) is 0 Å². The standard InChI is InChI=1S/C31H32N4O4/c1-30(2,3)35(29(37)38)34-28(36)20-10-4-5-11-21(20)31(34)22-14-18-8-6-12-32-24(18)16-26(22)39-27-17-25-19(15-23(27)31)9-7-13-33-25/h4-5,10-11,14-17,32-33H,6-9,12-13H2,1-3H3,(H,37,38). The van der Waals surface area contributed by atoms with Gasteiger partial charge < -0.3 is 20.5 Å². The number of benzene rings is 3. The minimum Gasteiger partial charge on any atom is -0.464 e. The molecule has 0 saturated carbocycles. The van der Waals surface area contributed by atoms with Crippen molar-refractivity contribution in [3.05, 3.63) is 81.9 Å². The number of fused-ring (bicyclic) bond motifs is 8. The molecule has 8 nitrogen and oxygen atoms in total. The van der Waals surface area contributed by atoms with E-state index in [-0.39, 0.29) is 5.91 Å². The Bertz CT molecular complexity index is 1490. The fraction of sp³-hybridized carbons (Fsp3) is 0.355. The molecule has 0 bridgehead atoms. The van der Waals surface area contributed by atoms with Gasteiger partial charge in [-0.2, -0.15) is 0 Å². The van der Waals surface area contributed by atoms with Gasteiger partial charge in [0.05, 0.1) is 5.54 Å². The summed E-state index contributed by atoms with van der Waals surface area (Å²) in [6, 6.07) is 15.8. The zero-order valence-corrected chi connectivity index (χ0v) is 22.4. The largest absolute Gasteiger partial charge is 0.464 e. The van der Waals surface area contributed by atoms with Crippen LogP contribution < -0.4 is 15.4 Å². The third-order valence-corrected chi connectivity index (χ3v) is 8.36. The van der Waals surface area contributed by atoms with Crippen molar-refractivity contribution >= 4 is 23.4 Å². The lowest BCUT2D eigenvalue weighted by Gasteiger charge is -2.51. The topological polar surface area (TPSA) is 94.1 Å². The molecule has 39 heavy (non-hydrogen) atoms. The molecular weight excluding hydrogens is 492 g/mol. The third-order valence-electron chi connectivity index (χ3n) is 8.36. The monoisotopic (exact) mass is 524 g/mol. The lowest BCUT2D eigenvalue weighted by Crippen LogP contribution is -2.63. The number of ether oxygens (including phenoxy) is 1. The zero-order valence-electron chi connectivity index (χ0n) is 22.4. The normalized spacial score (nSPS) is 18.0. The molecule has 200 valence electrons. The lowest BCUT2D eigenvalue weighted by molar-refractivity contribution is -0.0783. The first kappa shape index (κ1) is 23.9. The molecule has 8 heteroatoms. The van der Waals surface area contributed by atoms with Gasteiger partial charge in [0.2, 0.25) is 0 Å². The Labute approximate surface area is 227 Å². The number of carboxylic acid groups (broad SMARTS) is 1. The van der Waals surface area contributed by atoms with Gasteiger partial charge in [0.15, 0.2) is 0 Å². The number of carbonyl (C=O) groups excluding carboxylic acids is 1. The van der Waals surface area contributed by atoms with Gasteiger partial charge in [-0.3, -0.25) is 4.79 Å². The average molecular weight is 525 g/mol. The molecule has 0 aromatic heterocycles. The Morgan fingerprint density at radius 2 is 1.49 bits per heavy atom. The molecule has 0 unspecified atom stereocenters. The average Bonchev–Trinajstić information content (AvgIpc) is 3.15. The number of hydrogen-bond acceptors (Lipinski definition) is 5. The summed E-state index contributed by atoms with van der Waals surface area (Å²) in [5, 5.41) is 20.3. The number of carbonyl (C=O) groups is 2. The van der Waals surface area contributed by atoms with Gasteiger partial charge in [0.25, 0.3) is 5.91 Å². The molecule has 0 aliphatic carbocycles. The van der Waals surface area contributed by atoms with Crippen LogP contribution in [0.25, 0.3) is 0 Å². The van der Waals surface area contributed by atoms with Gasteiger partial charge in [-0.25, -0.2) is 14.8 Å². The van der Waals surface area contributed by atoms with Gasteiger partial charge in [-0.05, 0) is 75.8 Å². The molecule has 2 amide bonds. The molecule has 0 saturated heterocycles. The minimum atomic E-state index is -1.22. The van der Waals surface area contributed by atoms with Gasteiger partial charge in [0.1, 0.15) is 17.0 Å². The fourth-order valence-corrected chi connectivity index (χ4v) is 6.79.